The van der Waals surface area contributed by atoms with Crippen LogP contribution in [-0.2, 0) is 25.7 Å². The number of rotatable bonds is 7. The average Bonchev–Trinajstić information content (AvgIpc) is 2.80. The lowest BCUT2D eigenvalue weighted by molar-refractivity contribution is -0.164. The van der Waals surface area contributed by atoms with E-state index in [9.17, 15) is 14.4 Å². The standard InChI is InChI=1S/C23H22N2O5S/c1-15-14-31-22-19(24-18(26)13-29-17-10-6-3-7-11-17)21(27)25(22)20(15)23(28)30-12-16-8-4-2-5-9-16/h2-11,14,19-20,22H,12-13H2,1H3,(H,24,26)/t19?,20?,22-/m1/s1. The highest BCUT2D eigenvalue weighted by molar-refractivity contribution is 8.02. The van der Waals surface area contributed by atoms with Crippen molar-refractivity contribution in [3.05, 3.63) is 77.2 Å². The molecule has 0 radical (unpaired) electrons. The number of β-lactam (4-membered cyclic amide) rings is 1. The van der Waals surface area contributed by atoms with Gasteiger partial charge in [-0.05, 0) is 35.6 Å². The number of carbonyl (C=O) groups is 3. The van der Waals surface area contributed by atoms with Gasteiger partial charge in [0.05, 0.1) is 0 Å². The van der Waals surface area contributed by atoms with Gasteiger partial charge in [0.1, 0.15) is 23.8 Å². The van der Waals surface area contributed by atoms with Gasteiger partial charge in [0.15, 0.2) is 12.6 Å². The van der Waals surface area contributed by atoms with Gasteiger partial charge in [0.2, 0.25) is 5.91 Å². The number of nitrogens with one attached hydrogen (secondary N) is 1. The Morgan fingerprint density at radius 3 is 2.45 bits per heavy atom. The van der Waals surface area contributed by atoms with Crippen LogP contribution in [0.15, 0.2) is 71.6 Å². The van der Waals surface area contributed by atoms with E-state index in [2.05, 4.69) is 5.32 Å². The number of ether oxygens (including phenoxy) is 2. The Morgan fingerprint density at radius 2 is 1.74 bits per heavy atom. The topological polar surface area (TPSA) is 84.9 Å². The van der Waals surface area contributed by atoms with E-state index in [4.69, 9.17) is 9.47 Å². The lowest BCUT2D eigenvalue weighted by Crippen LogP contribution is -2.74. The van der Waals surface area contributed by atoms with E-state index in [0.29, 0.717) is 5.75 Å². The van der Waals surface area contributed by atoms with Crippen LogP contribution in [0.5, 0.6) is 5.75 Å². The van der Waals surface area contributed by atoms with E-state index in [1.165, 1.54) is 16.7 Å². The first kappa shape index (κ1) is 21.0. The summed E-state index contributed by atoms with van der Waals surface area (Å²) in [5.41, 5.74) is 1.61. The van der Waals surface area contributed by atoms with Gasteiger partial charge in [-0.2, -0.15) is 0 Å². The highest BCUT2D eigenvalue weighted by Crippen LogP contribution is 2.40. The molecule has 4 rings (SSSR count). The molecule has 31 heavy (non-hydrogen) atoms. The molecule has 0 spiro atoms. The molecule has 2 heterocycles. The second kappa shape index (κ2) is 9.26. The van der Waals surface area contributed by atoms with Crippen molar-refractivity contribution in [3.8, 4) is 5.75 Å². The number of amides is 2. The zero-order chi connectivity index (χ0) is 21.8. The summed E-state index contributed by atoms with van der Waals surface area (Å²) in [4.78, 5) is 39.2. The molecular formula is C23H22N2O5S. The van der Waals surface area contributed by atoms with Crippen molar-refractivity contribution < 1.29 is 23.9 Å². The SMILES string of the molecule is CC1=CS[C@@H]2C(NC(=O)COc3ccccc3)C(=O)N2C1C(=O)OCc1ccccc1. The molecule has 3 atom stereocenters. The number of hydrogen-bond donors (Lipinski definition) is 1. The van der Waals surface area contributed by atoms with Gasteiger partial charge in [-0.15, -0.1) is 11.8 Å². The predicted molar refractivity (Wildman–Crippen MR) is 116 cm³/mol. The molecule has 1 N–H and O–H groups in total. The second-order valence-electron chi connectivity index (χ2n) is 7.28. The molecule has 2 aromatic carbocycles. The second-order valence-corrected chi connectivity index (χ2v) is 8.27. The molecule has 1 fully saturated rings. The van der Waals surface area contributed by atoms with Crippen LogP contribution >= 0.6 is 11.8 Å². The summed E-state index contributed by atoms with van der Waals surface area (Å²) < 4.78 is 10.9. The maximum atomic E-state index is 12.8. The van der Waals surface area contributed by atoms with Crippen LogP contribution in [0, 0.1) is 0 Å². The van der Waals surface area contributed by atoms with Crippen molar-refractivity contribution in [2.24, 2.45) is 0 Å². The van der Waals surface area contributed by atoms with Crippen LogP contribution in [0.25, 0.3) is 0 Å². The number of fused-ring (bicyclic) bond motifs is 1. The molecule has 0 saturated carbocycles. The van der Waals surface area contributed by atoms with Gasteiger partial charge < -0.3 is 19.7 Å². The van der Waals surface area contributed by atoms with Crippen LogP contribution in [0.4, 0.5) is 0 Å². The van der Waals surface area contributed by atoms with Crippen molar-refractivity contribution in [3.63, 3.8) is 0 Å². The van der Waals surface area contributed by atoms with Gasteiger partial charge >= 0.3 is 5.97 Å². The van der Waals surface area contributed by atoms with E-state index >= 15 is 0 Å². The molecule has 2 aliphatic rings. The molecule has 1 saturated heterocycles. The van der Waals surface area contributed by atoms with Gasteiger partial charge in [0.25, 0.3) is 5.91 Å². The van der Waals surface area contributed by atoms with Gasteiger partial charge in [-0.3, -0.25) is 9.59 Å². The fourth-order valence-corrected chi connectivity index (χ4v) is 4.67. The monoisotopic (exact) mass is 438 g/mol. The smallest absolute Gasteiger partial charge is 0.333 e. The summed E-state index contributed by atoms with van der Waals surface area (Å²) in [5, 5.41) is 4.20. The first-order valence-corrected chi connectivity index (χ1v) is 10.8. The molecule has 2 aliphatic heterocycles. The molecule has 2 unspecified atom stereocenters. The van der Waals surface area contributed by atoms with E-state index < -0.39 is 24.0 Å². The van der Waals surface area contributed by atoms with Gasteiger partial charge in [0, 0.05) is 0 Å². The lowest BCUT2D eigenvalue weighted by Gasteiger charge is -2.51. The fourth-order valence-electron chi connectivity index (χ4n) is 3.49. The van der Waals surface area contributed by atoms with E-state index in [-0.39, 0.29) is 24.5 Å². The third-order valence-corrected chi connectivity index (χ3v) is 6.35. The zero-order valence-electron chi connectivity index (χ0n) is 16.9. The number of carbonyl (C=O) groups excluding carboxylic acids is 3. The van der Waals surface area contributed by atoms with Crippen molar-refractivity contribution in [2.45, 2.75) is 31.0 Å². The average molecular weight is 439 g/mol. The van der Waals surface area contributed by atoms with Crippen molar-refractivity contribution in [1.29, 1.82) is 0 Å². The van der Waals surface area contributed by atoms with E-state index in [1.807, 2.05) is 53.9 Å². The summed E-state index contributed by atoms with van der Waals surface area (Å²) in [6, 6.07) is 16.9. The van der Waals surface area contributed by atoms with Crippen LogP contribution < -0.4 is 10.1 Å². The Hall–Kier alpha value is -3.26. The number of benzene rings is 2. The Kier molecular flexibility index (Phi) is 6.27. The summed E-state index contributed by atoms with van der Waals surface area (Å²) in [5.74, 6) is -0.601. The summed E-state index contributed by atoms with van der Waals surface area (Å²) in [6.07, 6.45) is 0. The van der Waals surface area contributed by atoms with Crippen molar-refractivity contribution in [2.75, 3.05) is 6.61 Å². The quantitative estimate of drug-likeness (QED) is 0.528. The van der Waals surface area contributed by atoms with Gasteiger partial charge in [-0.1, -0.05) is 48.5 Å². The lowest BCUT2D eigenvalue weighted by atomic mass is 9.99. The van der Waals surface area contributed by atoms with Gasteiger partial charge in [-0.25, -0.2) is 4.79 Å². The minimum absolute atomic E-state index is 0.139. The number of esters is 1. The zero-order valence-corrected chi connectivity index (χ0v) is 17.7. The Bertz CT molecular complexity index is 996. The van der Waals surface area contributed by atoms with Crippen LogP contribution in [0.3, 0.4) is 0 Å². The molecule has 0 bridgehead atoms. The largest absolute Gasteiger partial charge is 0.484 e. The molecule has 7 nitrogen and oxygen atoms in total. The minimum Gasteiger partial charge on any atom is -0.484 e. The maximum Gasteiger partial charge on any atom is 0.333 e. The molecule has 2 amide bonds. The molecule has 2 aromatic rings. The van der Waals surface area contributed by atoms with Crippen molar-refractivity contribution >= 4 is 29.5 Å². The van der Waals surface area contributed by atoms with E-state index in [1.54, 1.807) is 19.1 Å². The minimum atomic E-state index is -0.781. The molecule has 0 aromatic heterocycles. The van der Waals surface area contributed by atoms with Crippen LogP contribution in [0.1, 0.15) is 12.5 Å². The molecular weight excluding hydrogens is 416 g/mol. The Morgan fingerprint density at radius 1 is 1.06 bits per heavy atom. The van der Waals surface area contributed by atoms with Crippen LogP contribution in [0.2, 0.25) is 0 Å². The highest BCUT2D eigenvalue weighted by Gasteiger charge is 2.55. The fraction of sp³-hybridized carbons (Fsp3) is 0.261. The van der Waals surface area contributed by atoms with Crippen molar-refractivity contribution in [1.82, 2.24) is 10.2 Å². The first-order valence-electron chi connectivity index (χ1n) is 9.86. The first-order chi connectivity index (χ1) is 15.0. The van der Waals surface area contributed by atoms with E-state index in [0.717, 1.165) is 11.1 Å². The third kappa shape index (κ3) is 4.59. The highest BCUT2D eigenvalue weighted by atomic mass is 32.2. The Labute approximate surface area is 184 Å². The summed E-state index contributed by atoms with van der Waals surface area (Å²) in [6.45, 7) is 1.74. The Balaban J connectivity index is 1.34. The molecule has 160 valence electrons. The summed E-state index contributed by atoms with van der Waals surface area (Å²) in [7, 11) is 0. The summed E-state index contributed by atoms with van der Waals surface area (Å²) >= 11 is 1.40. The van der Waals surface area contributed by atoms with Crippen LogP contribution in [-0.4, -0.2) is 46.7 Å². The number of hydrogen-bond acceptors (Lipinski definition) is 6. The predicted octanol–water partition coefficient (Wildman–Crippen LogP) is 2.48. The molecule has 0 aliphatic carbocycles. The number of thioether (sulfide) groups is 1. The maximum absolute atomic E-state index is 12.8. The molecule has 8 heteroatoms. The normalized spacial score (nSPS) is 22.0. The number of nitrogens with zero attached hydrogens (tertiary/aromatic N) is 1. The third-order valence-electron chi connectivity index (χ3n) is 5.06. The number of para-hydroxylation sites is 1.